The highest BCUT2D eigenvalue weighted by atomic mass is 16.2. The van der Waals surface area contributed by atoms with E-state index in [1.165, 1.54) is 16.8 Å². The van der Waals surface area contributed by atoms with Crippen LogP contribution in [0.5, 0.6) is 0 Å². The number of aromatic nitrogens is 2. The fourth-order valence-electron chi connectivity index (χ4n) is 4.21. The molecule has 4 heteroatoms. The molecule has 1 heterocycles. The van der Waals surface area contributed by atoms with E-state index < -0.39 is 0 Å². The summed E-state index contributed by atoms with van der Waals surface area (Å²) in [5.41, 5.74) is 4.74. The zero-order chi connectivity index (χ0) is 18.5. The summed E-state index contributed by atoms with van der Waals surface area (Å²) in [5, 5.41) is 7.73. The fraction of sp³-hybridized carbons (Fsp3) is 0.545. The molecule has 1 aromatic carbocycles. The molecule has 1 atom stereocenters. The van der Waals surface area contributed by atoms with E-state index >= 15 is 0 Å². The standard InChI is InChI=1S/C22H29N3O/c1-21(2,3)15-8-10-16(11-9-15)22(12-13-22)20(26)24-18-6-5-7-19-17(18)14-23-25(19)4/h8-11,14,18H,5-7,12-13H2,1-4H3,(H,24,26)/t18-/m0/s1. The van der Waals surface area contributed by atoms with E-state index in [0.29, 0.717) is 0 Å². The van der Waals surface area contributed by atoms with Gasteiger partial charge in [0.05, 0.1) is 17.7 Å². The topological polar surface area (TPSA) is 46.9 Å². The van der Waals surface area contributed by atoms with Gasteiger partial charge >= 0.3 is 0 Å². The minimum atomic E-state index is -0.323. The van der Waals surface area contributed by atoms with E-state index in [2.05, 4.69) is 55.5 Å². The number of benzene rings is 1. The van der Waals surface area contributed by atoms with Gasteiger partial charge in [-0.15, -0.1) is 0 Å². The van der Waals surface area contributed by atoms with Gasteiger partial charge in [-0.3, -0.25) is 9.48 Å². The largest absolute Gasteiger partial charge is 0.348 e. The van der Waals surface area contributed by atoms with Gasteiger partial charge in [0.1, 0.15) is 0 Å². The number of amides is 1. The highest BCUT2D eigenvalue weighted by Gasteiger charge is 2.51. The molecular formula is C22H29N3O. The normalized spacial score (nSPS) is 21.2. The lowest BCUT2D eigenvalue weighted by Crippen LogP contribution is -2.38. The Morgan fingerprint density at radius 2 is 1.92 bits per heavy atom. The van der Waals surface area contributed by atoms with Crippen molar-refractivity contribution in [3.63, 3.8) is 0 Å². The third-order valence-electron chi connectivity index (χ3n) is 6.17. The zero-order valence-electron chi connectivity index (χ0n) is 16.3. The van der Waals surface area contributed by atoms with E-state index in [4.69, 9.17) is 0 Å². The van der Waals surface area contributed by atoms with Gasteiger partial charge in [0.2, 0.25) is 5.91 Å². The van der Waals surface area contributed by atoms with Crippen LogP contribution in [0.15, 0.2) is 30.5 Å². The number of hydrogen-bond acceptors (Lipinski definition) is 2. The molecule has 4 rings (SSSR count). The lowest BCUT2D eigenvalue weighted by molar-refractivity contribution is -0.124. The number of carbonyl (C=O) groups excluding carboxylic acids is 1. The van der Waals surface area contributed by atoms with Crippen LogP contribution in [0.3, 0.4) is 0 Å². The highest BCUT2D eigenvalue weighted by Crippen LogP contribution is 2.49. The summed E-state index contributed by atoms with van der Waals surface area (Å²) in [7, 11) is 1.99. The molecule has 0 saturated heterocycles. The number of hydrogen-bond donors (Lipinski definition) is 1. The summed E-state index contributed by atoms with van der Waals surface area (Å²) < 4.78 is 1.95. The van der Waals surface area contributed by atoms with Crippen molar-refractivity contribution in [2.24, 2.45) is 7.05 Å². The predicted molar refractivity (Wildman–Crippen MR) is 103 cm³/mol. The van der Waals surface area contributed by atoms with Crippen LogP contribution in [0.4, 0.5) is 0 Å². The lowest BCUT2D eigenvalue weighted by Gasteiger charge is -2.27. The van der Waals surface area contributed by atoms with Crippen molar-refractivity contribution in [1.29, 1.82) is 0 Å². The number of nitrogens with zero attached hydrogens (tertiary/aromatic N) is 2. The van der Waals surface area contributed by atoms with Crippen molar-refractivity contribution < 1.29 is 4.79 Å². The Labute approximate surface area is 156 Å². The third kappa shape index (κ3) is 2.85. The third-order valence-corrected chi connectivity index (χ3v) is 6.17. The van der Waals surface area contributed by atoms with Crippen molar-refractivity contribution in [3.8, 4) is 0 Å². The van der Waals surface area contributed by atoms with Crippen molar-refractivity contribution in [3.05, 3.63) is 52.8 Å². The quantitative estimate of drug-likeness (QED) is 0.910. The maximum atomic E-state index is 13.2. The molecule has 1 aromatic heterocycles. The minimum Gasteiger partial charge on any atom is -0.348 e. The average molecular weight is 351 g/mol. The van der Waals surface area contributed by atoms with Gasteiger partial charge in [-0.05, 0) is 48.6 Å². The smallest absolute Gasteiger partial charge is 0.231 e. The number of nitrogens with one attached hydrogen (secondary N) is 1. The Bertz CT molecular complexity index is 822. The van der Waals surface area contributed by atoms with Gasteiger partial charge in [0.15, 0.2) is 0 Å². The van der Waals surface area contributed by atoms with Crippen LogP contribution in [0, 0.1) is 0 Å². The van der Waals surface area contributed by atoms with Crippen LogP contribution >= 0.6 is 0 Å². The van der Waals surface area contributed by atoms with Crippen molar-refractivity contribution in [1.82, 2.24) is 15.1 Å². The summed E-state index contributed by atoms with van der Waals surface area (Å²) in [4.78, 5) is 13.2. The van der Waals surface area contributed by atoms with Gasteiger partial charge in [0.25, 0.3) is 0 Å². The highest BCUT2D eigenvalue weighted by molar-refractivity contribution is 5.91. The Hall–Kier alpha value is -2.10. The molecule has 138 valence electrons. The molecule has 0 spiro atoms. The summed E-state index contributed by atoms with van der Waals surface area (Å²) in [6.07, 6.45) is 6.98. The van der Waals surface area contributed by atoms with Gasteiger partial charge in [-0.25, -0.2) is 0 Å². The van der Waals surface area contributed by atoms with Crippen LogP contribution < -0.4 is 5.32 Å². The minimum absolute atomic E-state index is 0.103. The second kappa shape index (κ2) is 5.97. The van der Waals surface area contributed by atoms with Crippen LogP contribution in [-0.2, 0) is 29.1 Å². The molecule has 2 aliphatic rings. The van der Waals surface area contributed by atoms with Gasteiger partial charge < -0.3 is 5.32 Å². The SMILES string of the molecule is Cn1ncc2c1CCC[C@@H]2NC(=O)C1(c2ccc(C(C)(C)C)cc2)CC1. The predicted octanol–water partition coefficient (Wildman–Crippen LogP) is 3.94. The Balaban J connectivity index is 1.53. The number of aryl methyl sites for hydroxylation is 1. The second-order valence-corrected chi connectivity index (χ2v) is 9.00. The van der Waals surface area contributed by atoms with Crippen molar-refractivity contribution in [2.75, 3.05) is 0 Å². The van der Waals surface area contributed by atoms with Crippen LogP contribution in [0.1, 0.15) is 74.9 Å². The molecule has 26 heavy (non-hydrogen) atoms. The molecule has 1 N–H and O–H groups in total. The Kier molecular flexibility index (Phi) is 3.98. The summed E-state index contributed by atoms with van der Waals surface area (Å²) in [6, 6.07) is 8.78. The molecule has 2 aliphatic carbocycles. The second-order valence-electron chi connectivity index (χ2n) is 9.00. The number of carbonyl (C=O) groups is 1. The molecule has 1 fully saturated rings. The molecule has 1 saturated carbocycles. The first-order valence-electron chi connectivity index (χ1n) is 9.74. The van der Waals surface area contributed by atoms with Gasteiger partial charge in [-0.2, -0.15) is 5.10 Å². The first kappa shape index (κ1) is 17.3. The first-order valence-corrected chi connectivity index (χ1v) is 9.74. The van der Waals surface area contributed by atoms with Crippen LogP contribution in [-0.4, -0.2) is 15.7 Å². The molecule has 1 amide bonds. The maximum absolute atomic E-state index is 13.2. The fourth-order valence-corrected chi connectivity index (χ4v) is 4.21. The van der Waals surface area contributed by atoms with Crippen LogP contribution in [0.2, 0.25) is 0 Å². The van der Waals surface area contributed by atoms with Crippen molar-refractivity contribution >= 4 is 5.91 Å². The Morgan fingerprint density at radius 3 is 2.54 bits per heavy atom. The van der Waals surface area contributed by atoms with E-state index in [0.717, 1.165) is 37.7 Å². The molecule has 0 bridgehead atoms. The molecule has 0 aliphatic heterocycles. The van der Waals surface area contributed by atoms with E-state index in [1.807, 2.05) is 17.9 Å². The summed E-state index contributed by atoms with van der Waals surface area (Å²) in [6.45, 7) is 6.66. The first-order chi connectivity index (χ1) is 12.3. The van der Waals surface area contributed by atoms with Gasteiger partial charge in [0, 0.05) is 18.3 Å². The van der Waals surface area contributed by atoms with E-state index in [1.54, 1.807) is 0 Å². The molecule has 4 nitrogen and oxygen atoms in total. The van der Waals surface area contributed by atoms with Crippen molar-refractivity contribution in [2.45, 2.75) is 69.7 Å². The Morgan fingerprint density at radius 1 is 1.23 bits per heavy atom. The van der Waals surface area contributed by atoms with Gasteiger partial charge in [-0.1, -0.05) is 45.0 Å². The number of rotatable bonds is 3. The summed E-state index contributed by atoms with van der Waals surface area (Å²) in [5.74, 6) is 0.183. The van der Waals surface area contributed by atoms with Crippen LogP contribution in [0.25, 0.3) is 0 Å². The molecule has 0 radical (unpaired) electrons. The molecule has 2 aromatic rings. The number of fused-ring (bicyclic) bond motifs is 1. The maximum Gasteiger partial charge on any atom is 0.231 e. The monoisotopic (exact) mass is 351 g/mol. The summed E-state index contributed by atoms with van der Waals surface area (Å²) >= 11 is 0. The molecular weight excluding hydrogens is 322 g/mol. The average Bonchev–Trinajstić information content (AvgIpc) is 3.34. The zero-order valence-corrected chi connectivity index (χ0v) is 16.3. The van der Waals surface area contributed by atoms with E-state index in [9.17, 15) is 4.79 Å². The lowest BCUT2D eigenvalue weighted by atomic mass is 9.84. The molecule has 0 unspecified atom stereocenters. The van der Waals surface area contributed by atoms with E-state index in [-0.39, 0.29) is 22.8 Å².